The molecule has 5 rings (SSSR count). The number of aryl methyl sites for hydroxylation is 2. The molecule has 0 amide bonds. The van der Waals surface area contributed by atoms with E-state index in [1.54, 1.807) is 7.11 Å². The summed E-state index contributed by atoms with van der Waals surface area (Å²) in [6.07, 6.45) is 4.89. The highest BCUT2D eigenvalue weighted by Crippen LogP contribution is 2.48. The number of carbonyl (C=O) groups excluding carboxylic acids is 1. The maximum atomic E-state index is 13.0. The molecule has 0 N–H and O–H groups in total. The topological polar surface area (TPSA) is 26.3 Å². The van der Waals surface area contributed by atoms with Crippen molar-refractivity contribution in [1.29, 1.82) is 0 Å². The first-order chi connectivity index (χ1) is 13.1. The van der Waals surface area contributed by atoms with Crippen LogP contribution < -0.4 is 0 Å². The largest absolute Gasteiger partial charge is 0.501 e. The molecule has 0 radical (unpaired) electrons. The Morgan fingerprint density at radius 1 is 0.963 bits per heavy atom. The quantitative estimate of drug-likeness (QED) is 0.484. The van der Waals surface area contributed by atoms with Crippen molar-refractivity contribution in [2.75, 3.05) is 7.11 Å². The van der Waals surface area contributed by atoms with Gasteiger partial charge in [-0.2, -0.15) is 0 Å². The normalized spacial score (nSPS) is 21.7. The van der Waals surface area contributed by atoms with Crippen molar-refractivity contribution in [3.63, 3.8) is 0 Å². The fraction of sp³-hybridized carbons (Fsp3) is 0.320. The highest BCUT2D eigenvalue weighted by atomic mass is 16.5. The molecule has 2 nitrogen and oxygen atoms in total. The van der Waals surface area contributed by atoms with Gasteiger partial charge in [-0.05, 0) is 70.5 Å². The summed E-state index contributed by atoms with van der Waals surface area (Å²) in [7, 11) is 1.76. The Morgan fingerprint density at radius 2 is 1.74 bits per heavy atom. The van der Waals surface area contributed by atoms with Crippen LogP contribution >= 0.6 is 0 Å². The van der Waals surface area contributed by atoms with Crippen molar-refractivity contribution in [3.05, 3.63) is 70.5 Å². The van der Waals surface area contributed by atoms with Gasteiger partial charge in [0.2, 0.25) is 0 Å². The number of fused-ring (bicyclic) bond motifs is 7. The fourth-order valence-corrected chi connectivity index (χ4v) is 5.19. The summed E-state index contributed by atoms with van der Waals surface area (Å²) in [4.78, 5) is 13.0. The Hall–Kier alpha value is -2.61. The van der Waals surface area contributed by atoms with Crippen LogP contribution in [0.4, 0.5) is 0 Å². The van der Waals surface area contributed by atoms with Crippen LogP contribution in [-0.4, -0.2) is 12.9 Å². The summed E-state index contributed by atoms with van der Waals surface area (Å²) in [5, 5.41) is 5.08. The van der Waals surface area contributed by atoms with E-state index in [2.05, 4.69) is 50.3 Å². The second kappa shape index (κ2) is 5.95. The van der Waals surface area contributed by atoms with Crippen molar-refractivity contribution in [2.45, 2.75) is 39.0 Å². The van der Waals surface area contributed by atoms with Crippen molar-refractivity contribution >= 4 is 27.3 Å². The summed E-state index contributed by atoms with van der Waals surface area (Å²) in [6.45, 7) is 4.35. The van der Waals surface area contributed by atoms with Crippen molar-refractivity contribution < 1.29 is 9.53 Å². The standard InChI is InChI=1S/C25H24O2/c1-14-4-5-15(2)23-19(14)10-7-16-8-11-20-22(26)12-17-6-9-18(27-3)13-21(17)25(20)24(16)23/h4-5,7-8,10-11,13,17,21H,6,9,12H2,1-3H3/t17-,21-/m0/s1. The third-order valence-corrected chi connectivity index (χ3v) is 6.61. The highest BCUT2D eigenvalue weighted by molar-refractivity contribution is 6.15. The van der Waals surface area contributed by atoms with Crippen LogP contribution in [0.25, 0.3) is 21.5 Å². The molecule has 3 aromatic carbocycles. The summed E-state index contributed by atoms with van der Waals surface area (Å²) in [5.41, 5.74) is 4.69. The summed E-state index contributed by atoms with van der Waals surface area (Å²) in [5.74, 6) is 2.00. The van der Waals surface area contributed by atoms with Gasteiger partial charge in [0.1, 0.15) is 0 Å². The van der Waals surface area contributed by atoms with E-state index in [4.69, 9.17) is 4.74 Å². The molecule has 0 unspecified atom stereocenters. The minimum atomic E-state index is 0.260. The number of hydrogen-bond donors (Lipinski definition) is 0. The molecule has 2 aliphatic carbocycles. The summed E-state index contributed by atoms with van der Waals surface area (Å²) in [6, 6.07) is 13.0. The lowest BCUT2D eigenvalue weighted by atomic mass is 9.68. The zero-order valence-electron chi connectivity index (χ0n) is 16.1. The Morgan fingerprint density at radius 3 is 2.56 bits per heavy atom. The third kappa shape index (κ3) is 2.36. The molecule has 3 aromatic rings. The molecular weight excluding hydrogens is 332 g/mol. The number of carbonyl (C=O) groups is 1. The average molecular weight is 356 g/mol. The van der Waals surface area contributed by atoms with E-state index in [0.29, 0.717) is 18.1 Å². The minimum absolute atomic E-state index is 0.260. The Bertz CT molecular complexity index is 1140. The monoisotopic (exact) mass is 356 g/mol. The van der Waals surface area contributed by atoms with Crippen molar-refractivity contribution in [3.8, 4) is 0 Å². The molecule has 0 saturated heterocycles. The van der Waals surface area contributed by atoms with Crippen LogP contribution in [0.1, 0.15) is 52.2 Å². The Balaban J connectivity index is 1.95. The van der Waals surface area contributed by atoms with Gasteiger partial charge in [0, 0.05) is 24.3 Å². The Kier molecular flexibility index (Phi) is 3.65. The van der Waals surface area contributed by atoms with Crippen LogP contribution in [0.3, 0.4) is 0 Å². The number of ketones is 1. The van der Waals surface area contributed by atoms with E-state index >= 15 is 0 Å². The fourth-order valence-electron chi connectivity index (χ4n) is 5.19. The van der Waals surface area contributed by atoms with Crippen LogP contribution in [-0.2, 0) is 4.74 Å². The van der Waals surface area contributed by atoms with Gasteiger partial charge >= 0.3 is 0 Å². The van der Waals surface area contributed by atoms with Gasteiger partial charge in [-0.3, -0.25) is 4.79 Å². The predicted octanol–water partition coefficient (Wildman–Crippen LogP) is 6.22. The van der Waals surface area contributed by atoms with Crippen LogP contribution in [0.15, 0.2) is 48.2 Å². The lowest BCUT2D eigenvalue weighted by Gasteiger charge is -2.36. The zero-order valence-corrected chi connectivity index (χ0v) is 16.1. The second-order valence-electron chi connectivity index (χ2n) is 8.10. The van der Waals surface area contributed by atoms with Crippen LogP contribution in [0.5, 0.6) is 0 Å². The van der Waals surface area contributed by atoms with Gasteiger partial charge in [-0.25, -0.2) is 0 Å². The van der Waals surface area contributed by atoms with E-state index < -0.39 is 0 Å². The second-order valence-corrected chi connectivity index (χ2v) is 8.10. The van der Waals surface area contributed by atoms with E-state index in [1.807, 2.05) is 6.07 Å². The maximum absolute atomic E-state index is 13.0. The van der Waals surface area contributed by atoms with Crippen molar-refractivity contribution in [1.82, 2.24) is 0 Å². The average Bonchev–Trinajstić information content (AvgIpc) is 2.69. The first kappa shape index (κ1) is 16.6. The number of Topliss-reactive ketones (excluding diaryl/α,β-unsaturated/α-hetero) is 1. The van der Waals surface area contributed by atoms with E-state index in [-0.39, 0.29) is 5.92 Å². The zero-order chi connectivity index (χ0) is 18.7. The first-order valence-corrected chi connectivity index (χ1v) is 9.82. The maximum Gasteiger partial charge on any atom is 0.163 e. The molecule has 2 aliphatic rings. The van der Waals surface area contributed by atoms with Crippen LogP contribution in [0, 0.1) is 19.8 Å². The van der Waals surface area contributed by atoms with Gasteiger partial charge in [0.05, 0.1) is 12.9 Å². The summed E-state index contributed by atoms with van der Waals surface area (Å²) < 4.78 is 5.60. The van der Waals surface area contributed by atoms with Gasteiger partial charge in [0.15, 0.2) is 5.78 Å². The number of allylic oxidation sites excluding steroid dienone is 2. The van der Waals surface area contributed by atoms with Gasteiger partial charge in [0.25, 0.3) is 0 Å². The lowest BCUT2D eigenvalue weighted by Crippen LogP contribution is -2.27. The molecule has 0 spiro atoms. The number of hydrogen-bond acceptors (Lipinski definition) is 2. The molecular formula is C25H24O2. The van der Waals surface area contributed by atoms with Crippen LogP contribution in [0.2, 0.25) is 0 Å². The highest BCUT2D eigenvalue weighted by Gasteiger charge is 2.37. The van der Waals surface area contributed by atoms with E-state index in [0.717, 1.165) is 24.2 Å². The van der Waals surface area contributed by atoms with Gasteiger partial charge in [-0.15, -0.1) is 0 Å². The van der Waals surface area contributed by atoms with Gasteiger partial charge < -0.3 is 4.74 Å². The number of methoxy groups -OCH3 is 1. The molecule has 0 heterocycles. The molecule has 2 heteroatoms. The molecule has 0 bridgehead atoms. The number of rotatable bonds is 1. The minimum Gasteiger partial charge on any atom is -0.501 e. The third-order valence-electron chi connectivity index (χ3n) is 6.61. The molecule has 0 fully saturated rings. The van der Waals surface area contributed by atoms with Gasteiger partial charge in [-0.1, -0.05) is 36.4 Å². The number of benzene rings is 3. The summed E-state index contributed by atoms with van der Waals surface area (Å²) >= 11 is 0. The van der Waals surface area contributed by atoms with E-state index in [9.17, 15) is 4.79 Å². The first-order valence-electron chi connectivity index (χ1n) is 9.82. The number of ether oxygens (including phenoxy) is 1. The molecule has 0 aliphatic heterocycles. The smallest absolute Gasteiger partial charge is 0.163 e. The molecule has 27 heavy (non-hydrogen) atoms. The SMILES string of the molecule is COC1=C[C@@H]2c3c(ccc4ccc5c(C)ccc(C)c5c34)C(=O)C[C@@H]2CC1. The predicted molar refractivity (Wildman–Crippen MR) is 110 cm³/mol. The molecule has 0 saturated carbocycles. The Labute approximate surface area is 159 Å². The molecule has 136 valence electrons. The lowest BCUT2D eigenvalue weighted by molar-refractivity contribution is 0.0933. The molecule has 2 atom stereocenters. The van der Waals surface area contributed by atoms with Crippen molar-refractivity contribution in [2.24, 2.45) is 5.92 Å². The molecule has 0 aromatic heterocycles. The van der Waals surface area contributed by atoms with E-state index in [1.165, 1.54) is 38.2 Å².